The average molecular weight is 557 g/mol. The molecule has 2 unspecified atom stereocenters. The Hall–Kier alpha value is -4.17. The quantitative estimate of drug-likeness (QED) is 0.316. The number of hydrogen-bond donors (Lipinski definition) is 3. The largest absolute Gasteiger partial charge is 0.395 e. The Morgan fingerprint density at radius 2 is 1.56 bits per heavy atom. The van der Waals surface area contributed by atoms with E-state index in [-0.39, 0.29) is 36.9 Å². The van der Waals surface area contributed by atoms with Crippen LogP contribution in [0.1, 0.15) is 61.3 Å². The molecule has 4 amide bonds. The number of nitrogens with one attached hydrogen (secondary N) is 1. The van der Waals surface area contributed by atoms with Gasteiger partial charge in [0.1, 0.15) is 6.04 Å². The Morgan fingerprint density at radius 3 is 2.17 bits per heavy atom. The third-order valence-corrected chi connectivity index (χ3v) is 7.88. The molecule has 0 heterocycles. The van der Waals surface area contributed by atoms with Crippen molar-refractivity contribution in [3.8, 4) is 0 Å². The summed E-state index contributed by atoms with van der Waals surface area (Å²) in [6, 6.07) is 25.7. The zero-order valence-corrected chi connectivity index (χ0v) is 23.6. The van der Waals surface area contributed by atoms with Crippen molar-refractivity contribution < 1.29 is 19.5 Å². The number of primary amides is 1. The number of carbonyl (C=O) groups excluding carboxylic acids is 3. The van der Waals surface area contributed by atoms with Crippen LogP contribution in [0, 0.1) is 5.92 Å². The number of nitrogens with zero attached hydrogens (tertiary/aromatic N) is 2. The fourth-order valence-electron chi connectivity index (χ4n) is 5.67. The monoisotopic (exact) mass is 556 g/mol. The summed E-state index contributed by atoms with van der Waals surface area (Å²) in [5, 5.41) is 12.4. The molecule has 0 spiro atoms. The van der Waals surface area contributed by atoms with Crippen LogP contribution >= 0.6 is 0 Å². The highest BCUT2D eigenvalue weighted by Crippen LogP contribution is 2.38. The van der Waals surface area contributed by atoms with E-state index in [0.29, 0.717) is 18.7 Å². The second kappa shape index (κ2) is 14.5. The van der Waals surface area contributed by atoms with Crippen molar-refractivity contribution in [3.63, 3.8) is 0 Å². The molecule has 41 heavy (non-hydrogen) atoms. The molecule has 0 aliphatic heterocycles. The molecule has 4 rings (SSSR count). The Morgan fingerprint density at radius 1 is 0.927 bits per heavy atom. The molecular formula is C33H40N4O4. The molecule has 3 atom stereocenters. The maximum atomic E-state index is 13.5. The van der Waals surface area contributed by atoms with Crippen LogP contribution in [0.2, 0.25) is 0 Å². The summed E-state index contributed by atoms with van der Waals surface area (Å²) in [7, 11) is 0. The van der Waals surface area contributed by atoms with Crippen LogP contribution in [0.5, 0.6) is 0 Å². The molecule has 1 aliphatic rings. The molecule has 8 nitrogen and oxygen atoms in total. The Kier molecular flexibility index (Phi) is 10.5. The average Bonchev–Trinajstić information content (AvgIpc) is 3.02. The highest BCUT2D eigenvalue weighted by atomic mass is 16.3. The van der Waals surface area contributed by atoms with Crippen molar-refractivity contribution in [1.82, 2.24) is 10.2 Å². The number of urea groups is 1. The van der Waals surface area contributed by atoms with Gasteiger partial charge in [0.25, 0.3) is 0 Å². The lowest BCUT2D eigenvalue weighted by Crippen LogP contribution is -2.44. The molecule has 1 saturated carbocycles. The third-order valence-electron chi connectivity index (χ3n) is 7.88. The number of nitrogens with two attached hydrogens (primary N) is 1. The van der Waals surface area contributed by atoms with E-state index in [4.69, 9.17) is 5.73 Å². The third kappa shape index (κ3) is 7.52. The Labute approximate surface area is 242 Å². The van der Waals surface area contributed by atoms with Gasteiger partial charge in [0.15, 0.2) is 0 Å². The van der Waals surface area contributed by atoms with Gasteiger partial charge < -0.3 is 21.1 Å². The Bertz CT molecular complexity index is 1280. The van der Waals surface area contributed by atoms with Crippen LogP contribution in [-0.4, -0.2) is 47.5 Å². The first kappa shape index (κ1) is 29.8. The summed E-state index contributed by atoms with van der Waals surface area (Å²) in [6.07, 6.45) is 3.61. The molecule has 1 fully saturated rings. The highest BCUT2D eigenvalue weighted by molar-refractivity contribution is 5.92. The van der Waals surface area contributed by atoms with Gasteiger partial charge in [-0.25, -0.2) is 4.79 Å². The predicted octanol–water partition coefficient (Wildman–Crippen LogP) is 4.74. The maximum Gasteiger partial charge on any atom is 0.324 e. The first-order valence-electron chi connectivity index (χ1n) is 14.4. The van der Waals surface area contributed by atoms with E-state index < -0.39 is 11.9 Å². The zero-order valence-electron chi connectivity index (χ0n) is 23.6. The first-order valence-corrected chi connectivity index (χ1v) is 14.4. The minimum absolute atomic E-state index is 0.0223. The van der Waals surface area contributed by atoms with E-state index in [1.807, 2.05) is 79.7 Å². The fraction of sp³-hybridized carbons (Fsp3) is 0.364. The van der Waals surface area contributed by atoms with Crippen LogP contribution in [0.4, 0.5) is 10.5 Å². The standard InChI is InChI=1S/C33H40N4O4/c1-2-36(21-22-38)33(41)37(27-13-7-4-8-14-27)23-24-17-19-25(20-18-24)28-15-9-10-16-29(28)32(40)35-30(31(34)39)26-11-5-3-6-12-26/h3-8,11-14,17-20,28-30,38H,2,9-10,15-16,21-23H2,1H3,(H2,34,39)(H,35,40)/t28?,29?,30-/m0/s1. The van der Waals surface area contributed by atoms with Crippen LogP contribution in [0.3, 0.4) is 0 Å². The molecule has 216 valence electrons. The molecule has 1 aliphatic carbocycles. The van der Waals surface area contributed by atoms with Crippen molar-refractivity contribution in [2.24, 2.45) is 11.7 Å². The van der Waals surface area contributed by atoms with E-state index in [1.165, 1.54) is 0 Å². The van der Waals surface area contributed by atoms with Crippen molar-refractivity contribution in [2.45, 2.75) is 51.1 Å². The number of rotatable bonds is 11. The Balaban J connectivity index is 1.51. The summed E-state index contributed by atoms with van der Waals surface area (Å²) in [5.41, 5.74) is 9.14. The topological polar surface area (TPSA) is 116 Å². The van der Waals surface area contributed by atoms with E-state index in [1.54, 1.807) is 21.9 Å². The van der Waals surface area contributed by atoms with Gasteiger partial charge in [0.05, 0.1) is 13.2 Å². The van der Waals surface area contributed by atoms with E-state index in [2.05, 4.69) is 5.32 Å². The maximum absolute atomic E-state index is 13.5. The second-order valence-corrected chi connectivity index (χ2v) is 10.5. The number of aliphatic hydroxyl groups excluding tert-OH is 1. The molecule has 4 N–H and O–H groups in total. The lowest BCUT2D eigenvalue weighted by atomic mass is 9.74. The molecular weight excluding hydrogens is 516 g/mol. The highest BCUT2D eigenvalue weighted by Gasteiger charge is 2.34. The summed E-state index contributed by atoms with van der Waals surface area (Å²) in [4.78, 5) is 42.4. The lowest BCUT2D eigenvalue weighted by molar-refractivity contribution is -0.131. The molecule has 0 saturated heterocycles. The molecule has 0 radical (unpaired) electrons. The predicted molar refractivity (Wildman–Crippen MR) is 160 cm³/mol. The summed E-state index contributed by atoms with van der Waals surface area (Å²) < 4.78 is 0. The van der Waals surface area contributed by atoms with Gasteiger partial charge in [0, 0.05) is 24.7 Å². The number of likely N-dealkylation sites (N-methyl/N-ethyl adjacent to an activating group) is 1. The van der Waals surface area contributed by atoms with Gasteiger partial charge in [0.2, 0.25) is 11.8 Å². The minimum Gasteiger partial charge on any atom is -0.395 e. The normalized spacial score (nSPS) is 17.3. The van der Waals surface area contributed by atoms with Crippen molar-refractivity contribution in [3.05, 3.63) is 102 Å². The van der Waals surface area contributed by atoms with Crippen molar-refractivity contribution in [2.75, 3.05) is 24.6 Å². The molecule has 8 heteroatoms. The van der Waals surface area contributed by atoms with Crippen LogP contribution in [0.25, 0.3) is 0 Å². The molecule has 3 aromatic rings. The number of para-hydroxylation sites is 1. The minimum atomic E-state index is -0.872. The van der Waals surface area contributed by atoms with Gasteiger partial charge in [-0.05, 0) is 54.5 Å². The van der Waals surface area contributed by atoms with Gasteiger partial charge in [-0.1, -0.05) is 85.6 Å². The summed E-state index contributed by atoms with van der Waals surface area (Å²) in [5.74, 6) is -0.983. The SMILES string of the molecule is CCN(CCO)C(=O)N(Cc1ccc(C2CCCCC2C(=O)N[C@H](C(N)=O)c2ccccc2)cc1)c1ccccc1. The van der Waals surface area contributed by atoms with Crippen molar-refractivity contribution >= 4 is 23.5 Å². The van der Waals surface area contributed by atoms with Gasteiger partial charge in [-0.2, -0.15) is 0 Å². The number of carbonyl (C=O) groups is 3. The summed E-state index contributed by atoms with van der Waals surface area (Å²) >= 11 is 0. The van der Waals surface area contributed by atoms with E-state index in [0.717, 1.165) is 42.5 Å². The summed E-state index contributed by atoms with van der Waals surface area (Å²) in [6.45, 7) is 2.93. The fourth-order valence-corrected chi connectivity index (χ4v) is 5.67. The molecule has 0 bridgehead atoms. The van der Waals surface area contributed by atoms with Crippen LogP contribution in [0.15, 0.2) is 84.9 Å². The van der Waals surface area contributed by atoms with Crippen LogP contribution in [-0.2, 0) is 16.1 Å². The number of aliphatic hydroxyl groups is 1. The number of amides is 4. The van der Waals surface area contributed by atoms with E-state index in [9.17, 15) is 19.5 Å². The lowest BCUT2D eigenvalue weighted by Gasteiger charge is -2.32. The van der Waals surface area contributed by atoms with Gasteiger partial charge >= 0.3 is 6.03 Å². The number of hydrogen-bond acceptors (Lipinski definition) is 4. The number of benzene rings is 3. The van der Waals surface area contributed by atoms with Crippen LogP contribution < -0.4 is 16.0 Å². The molecule has 0 aromatic heterocycles. The molecule has 3 aromatic carbocycles. The second-order valence-electron chi connectivity index (χ2n) is 10.5. The first-order chi connectivity index (χ1) is 19.9. The van der Waals surface area contributed by atoms with E-state index >= 15 is 0 Å². The van der Waals surface area contributed by atoms with Gasteiger partial charge in [-0.3, -0.25) is 14.5 Å². The number of anilines is 1. The zero-order chi connectivity index (χ0) is 29.2. The van der Waals surface area contributed by atoms with Crippen molar-refractivity contribution in [1.29, 1.82) is 0 Å². The van der Waals surface area contributed by atoms with Gasteiger partial charge in [-0.15, -0.1) is 0 Å². The smallest absolute Gasteiger partial charge is 0.324 e.